The van der Waals surface area contributed by atoms with Gasteiger partial charge in [0.1, 0.15) is 10.8 Å². The molecule has 0 unspecified atom stereocenters. The van der Waals surface area contributed by atoms with Gasteiger partial charge in [-0.1, -0.05) is 42.2 Å². The minimum Gasteiger partial charge on any atom is -0.469 e. The van der Waals surface area contributed by atoms with Gasteiger partial charge in [-0.25, -0.2) is 0 Å². The van der Waals surface area contributed by atoms with Crippen molar-refractivity contribution in [3.8, 4) is 17.1 Å². The van der Waals surface area contributed by atoms with Gasteiger partial charge in [0.25, 0.3) is 0 Å². The molecule has 0 saturated carbocycles. The van der Waals surface area contributed by atoms with Crippen LogP contribution in [0, 0.1) is 13.8 Å². The molecule has 0 aliphatic rings. The quantitative estimate of drug-likeness (QED) is 0.428. The van der Waals surface area contributed by atoms with Crippen molar-refractivity contribution in [1.29, 1.82) is 0 Å². The van der Waals surface area contributed by atoms with Crippen LogP contribution in [-0.4, -0.2) is 36.6 Å². The van der Waals surface area contributed by atoms with Gasteiger partial charge in [-0.15, -0.1) is 20.4 Å². The largest absolute Gasteiger partial charge is 0.469 e. The molecule has 3 heterocycles. The van der Waals surface area contributed by atoms with Gasteiger partial charge in [-0.2, -0.15) is 0 Å². The number of carbonyl (C=O) groups excluding carboxylic acids is 1. The fraction of sp³-hybridized carbons (Fsp3) is 0.250. The second-order valence-corrected chi connectivity index (χ2v) is 8.64. The molecule has 3 aromatic heterocycles. The number of carbonyl (C=O) groups is 1. The predicted octanol–water partition coefficient (Wildman–Crippen LogP) is 4.29. The van der Waals surface area contributed by atoms with Gasteiger partial charge >= 0.3 is 0 Å². The van der Waals surface area contributed by atoms with Crippen LogP contribution in [0.5, 0.6) is 0 Å². The number of benzene rings is 1. The minimum absolute atomic E-state index is 0.173. The summed E-state index contributed by atoms with van der Waals surface area (Å²) in [6.07, 6.45) is 2.59. The van der Waals surface area contributed by atoms with E-state index in [-0.39, 0.29) is 11.7 Å². The van der Waals surface area contributed by atoms with Crippen LogP contribution in [0.1, 0.15) is 23.3 Å². The summed E-state index contributed by atoms with van der Waals surface area (Å²) in [5, 5.41) is 21.2. The predicted molar refractivity (Wildman–Crippen MR) is 117 cm³/mol. The van der Waals surface area contributed by atoms with Crippen molar-refractivity contribution in [3.05, 3.63) is 52.9 Å². The standard InChI is InChI=1S/C20H20N6O2S2/c1-4-14-5-7-15(8-6-14)26-18(16-9-10-28-12(16)2)23-25-20(26)29-11-17(27)21-19-24-22-13(3)30-19/h5-10H,4,11H2,1-3H3,(H,21,24,27). The van der Waals surface area contributed by atoms with E-state index in [1.807, 2.05) is 36.6 Å². The summed E-state index contributed by atoms with van der Waals surface area (Å²) >= 11 is 2.65. The van der Waals surface area contributed by atoms with Crippen LogP contribution >= 0.6 is 23.1 Å². The molecule has 0 atom stereocenters. The first-order valence-corrected chi connectivity index (χ1v) is 11.2. The topological polar surface area (TPSA) is 98.7 Å². The van der Waals surface area contributed by atoms with Crippen LogP contribution in [0.15, 0.2) is 46.2 Å². The zero-order valence-corrected chi connectivity index (χ0v) is 18.4. The molecule has 0 aliphatic carbocycles. The van der Waals surface area contributed by atoms with E-state index in [4.69, 9.17) is 4.42 Å². The number of furan rings is 1. The van der Waals surface area contributed by atoms with Crippen LogP contribution in [0.25, 0.3) is 17.1 Å². The van der Waals surface area contributed by atoms with Crippen LogP contribution in [0.4, 0.5) is 5.13 Å². The van der Waals surface area contributed by atoms with Gasteiger partial charge in [0, 0.05) is 5.69 Å². The Morgan fingerprint density at radius 1 is 1.13 bits per heavy atom. The Labute approximate surface area is 181 Å². The molecule has 8 nitrogen and oxygen atoms in total. The molecule has 1 N–H and O–H groups in total. The first-order chi connectivity index (χ1) is 14.5. The zero-order valence-electron chi connectivity index (χ0n) is 16.7. The lowest BCUT2D eigenvalue weighted by molar-refractivity contribution is -0.113. The maximum Gasteiger partial charge on any atom is 0.236 e. The summed E-state index contributed by atoms with van der Waals surface area (Å²) in [6.45, 7) is 5.85. The average Bonchev–Trinajstić information content (AvgIpc) is 3.46. The van der Waals surface area contributed by atoms with Gasteiger partial charge in [0.15, 0.2) is 11.0 Å². The van der Waals surface area contributed by atoms with Gasteiger partial charge in [-0.05, 0) is 44.0 Å². The van der Waals surface area contributed by atoms with E-state index in [1.165, 1.54) is 28.7 Å². The van der Waals surface area contributed by atoms with Crippen molar-refractivity contribution in [1.82, 2.24) is 25.0 Å². The number of nitrogens with one attached hydrogen (secondary N) is 1. The lowest BCUT2D eigenvalue weighted by Gasteiger charge is -2.10. The fourth-order valence-electron chi connectivity index (χ4n) is 2.90. The van der Waals surface area contributed by atoms with E-state index in [9.17, 15) is 4.79 Å². The Bertz CT molecular complexity index is 1160. The summed E-state index contributed by atoms with van der Waals surface area (Å²) in [7, 11) is 0. The number of hydrogen-bond donors (Lipinski definition) is 1. The van der Waals surface area contributed by atoms with Gasteiger partial charge < -0.3 is 4.42 Å². The maximum atomic E-state index is 12.4. The molecule has 154 valence electrons. The van der Waals surface area contributed by atoms with E-state index < -0.39 is 0 Å². The summed E-state index contributed by atoms with van der Waals surface area (Å²) in [6, 6.07) is 10.1. The number of nitrogens with zero attached hydrogens (tertiary/aromatic N) is 5. The highest BCUT2D eigenvalue weighted by Gasteiger charge is 2.20. The van der Waals surface area contributed by atoms with Crippen molar-refractivity contribution >= 4 is 34.1 Å². The zero-order chi connectivity index (χ0) is 21.1. The Balaban J connectivity index is 1.61. The maximum absolute atomic E-state index is 12.4. The molecular weight excluding hydrogens is 420 g/mol. The van der Waals surface area contributed by atoms with Crippen LogP contribution < -0.4 is 5.32 Å². The molecule has 0 fully saturated rings. The van der Waals surface area contributed by atoms with E-state index in [2.05, 4.69) is 44.8 Å². The Morgan fingerprint density at radius 2 is 1.93 bits per heavy atom. The van der Waals surface area contributed by atoms with Crippen LogP contribution in [0.2, 0.25) is 0 Å². The SMILES string of the molecule is CCc1ccc(-n2c(SCC(=O)Nc3nnc(C)s3)nnc2-c2ccoc2C)cc1. The van der Waals surface area contributed by atoms with Gasteiger partial charge in [0.05, 0.1) is 17.6 Å². The Morgan fingerprint density at radius 3 is 2.57 bits per heavy atom. The first kappa shape index (κ1) is 20.3. The first-order valence-electron chi connectivity index (χ1n) is 9.37. The number of thioether (sulfide) groups is 1. The van der Waals surface area contributed by atoms with Crippen molar-refractivity contribution in [3.63, 3.8) is 0 Å². The molecule has 1 aromatic carbocycles. The van der Waals surface area contributed by atoms with E-state index >= 15 is 0 Å². The molecule has 0 aliphatic heterocycles. The number of anilines is 1. The normalized spacial score (nSPS) is 11.0. The summed E-state index contributed by atoms with van der Waals surface area (Å²) in [4.78, 5) is 12.4. The number of hydrogen-bond acceptors (Lipinski definition) is 8. The molecule has 0 spiro atoms. The third kappa shape index (κ3) is 4.29. The molecule has 0 saturated heterocycles. The molecule has 4 rings (SSSR count). The average molecular weight is 441 g/mol. The second kappa shape index (κ2) is 8.80. The summed E-state index contributed by atoms with van der Waals surface area (Å²) < 4.78 is 7.41. The molecule has 30 heavy (non-hydrogen) atoms. The molecule has 0 bridgehead atoms. The summed E-state index contributed by atoms with van der Waals surface area (Å²) in [5.74, 6) is 1.43. The van der Waals surface area contributed by atoms with Crippen molar-refractivity contribution in [2.24, 2.45) is 0 Å². The summed E-state index contributed by atoms with van der Waals surface area (Å²) in [5.41, 5.74) is 3.03. The Hall–Kier alpha value is -2.98. The highest BCUT2D eigenvalue weighted by Crippen LogP contribution is 2.30. The lowest BCUT2D eigenvalue weighted by Crippen LogP contribution is -2.14. The lowest BCUT2D eigenvalue weighted by atomic mass is 10.1. The third-order valence-electron chi connectivity index (χ3n) is 4.44. The highest BCUT2D eigenvalue weighted by molar-refractivity contribution is 7.99. The minimum atomic E-state index is -0.173. The van der Waals surface area contributed by atoms with Crippen molar-refractivity contribution in [2.75, 3.05) is 11.1 Å². The Kier molecular flexibility index (Phi) is 5.96. The second-order valence-electron chi connectivity index (χ2n) is 6.52. The number of aryl methyl sites for hydroxylation is 3. The highest BCUT2D eigenvalue weighted by atomic mass is 32.2. The fourth-order valence-corrected chi connectivity index (χ4v) is 4.26. The molecule has 1 amide bonds. The van der Waals surface area contributed by atoms with Gasteiger partial charge in [-0.3, -0.25) is 14.7 Å². The molecule has 10 heteroatoms. The van der Waals surface area contributed by atoms with Gasteiger partial charge in [0.2, 0.25) is 11.0 Å². The molecular formula is C20H20N6O2S2. The van der Waals surface area contributed by atoms with Crippen LogP contribution in [0.3, 0.4) is 0 Å². The monoisotopic (exact) mass is 440 g/mol. The van der Waals surface area contributed by atoms with Crippen molar-refractivity contribution in [2.45, 2.75) is 32.3 Å². The smallest absolute Gasteiger partial charge is 0.236 e. The van der Waals surface area contributed by atoms with E-state index in [0.29, 0.717) is 16.1 Å². The molecule has 0 radical (unpaired) electrons. The van der Waals surface area contributed by atoms with Crippen LogP contribution in [-0.2, 0) is 11.2 Å². The van der Waals surface area contributed by atoms with Crippen molar-refractivity contribution < 1.29 is 9.21 Å². The third-order valence-corrected chi connectivity index (χ3v) is 6.12. The van der Waals surface area contributed by atoms with E-state index in [1.54, 1.807) is 6.26 Å². The number of amides is 1. The van der Waals surface area contributed by atoms with E-state index in [0.717, 1.165) is 28.4 Å². The number of aromatic nitrogens is 5. The number of rotatable bonds is 7. The molecule has 4 aromatic rings.